The van der Waals surface area contributed by atoms with Gasteiger partial charge in [0, 0.05) is 19.3 Å². The van der Waals surface area contributed by atoms with E-state index in [0.29, 0.717) is 43.9 Å². The summed E-state index contributed by atoms with van der Waals surface area (Å²) in [5.74, 6) is 1.28. The van der Waals surface area contributed by atoms with E-state index < -0.39 is 5.60 Å². The third-order valence-electron chi connectivity index (χ3n) is 5.68. The molecule has 7 nitrogen and oxygen atoms in total. The van der Waals surface area contributed by atoms with E-state index in [9.17, 15) is 9.90 Å². The van der Waals surface area contributed by atoms with Gasteiger partial charge in [0.15, 0.2) is 11.5 Å². The number of likely N-dealkylation sites (tertiary alicyclic amines) is 1. The van der Waals surface area contributed by atoms with Gasteiger partial charge in [-0.15, -0.1) is 0 Å². The summed E-state index contributed by atoms with van der Waals surface area (Å²) in [6, 6.07) is 5.50. The average molecular weight is 384 g/mol. The van der Waals surface area contributed by atoms with Gasteiger partial charge in [0.1, 0.15) is 5.75 Å². The number of hydrogen-bond donors (Lipinski definition) is 1. The number of rotatable bonds is 3. The van der Waals surface area contributed by atoms with Crippen LogP contribution in [0, 0.1) is 0 Å². The molecule has 28 heavy (non-hydrogen) atoms. The highest BCUT2D eigenvalue weighted by atomic mass is 16.5. The predicted octanol–water partition coefficient (Wildman–Crippen LogP) is 2.51. The van der Waals surface area contributed by atoms with Crippen molar-refractivity contribution in [2.75, 3.05) is 33.9 Å². The van der Waals surface area contributed by atoms with E-state index >= 15 is 0 Å². The zero-order valence-electron chi connectivity index (χ0n) is 16.1. The first-order valence-corrected chi connectivity index (χ1v) is 9.39. The van der Waals surface area contributed by atoms with Crippen molar-refractivity contribution in [3.05, 3.63) is 47.3 Å². The lowest BCUT2D eigenvalue weighted by atomic mass is 9.79. The summed E-state index contributed by atoms with van der Waals surface area (Å²) in [6.45, 7) is 1.79. The number of fused-ring (bicyclic) bond motifs is 2. The molecule has 1 N–H and O–H groups in total. The second kappa shape index (κ2) is 7.31. The van der Waals surface area contributed by atoms with Crippen LogP contribution in [0.4, 0.5) is 0 Å². The first-order chi connectivity index (χ1) is 13.6. The SMILES string of the molecule is COc1cc2c(cc1OC)C1(CCN(C(=O)c3cncc(O)c3)CC1)OCC2. The topological polar surface area (TPSA) is 81.1 Å². The second-order valence-corrected chi connectivity index (χ2v) is 7.18. The van der Waals surface area contributed by atoms with Crippen molar-refractivity contribution >= 4 is 5.91 Å². The Bertz CT molecular complexity index is 890. The van der Waals surface area contributed by atoms with Gasteiger partial charge < -0.3 is 24.2 Å². The highest BCUT2D eigenvalue weighted by Crippen LogP contribution is 2.45. The Morgan fingerprint density at radius 3 is 2.54 bits per heavy atom. The van der Waals surface area contributed by atoms with E-state index in [2.05, 4.69) is 4.98 Å². The number of carbonyl (C=O) groups excluding carboxylic acids is 1. The molecule has 0 aliphatic carbocycles. The molecule has 7 heteroatoms. The second-order valence-electron chi connectivity index (χ2n) is 7.18. The highest BCUT2D eigenvalue weighted by molar-refractivity contribution is 5.94. The molecular weight excluding hydrogens is 360 g/mol. The van der Waals surface area contributed by atoms with Crippen LogP contribution in [0.5, 0.6) is 17.2 Å². The molecule has 0 radical (unpaired) electrons. The summed E-state index contributed by atoms with van der Waals surface area (Å²) < 4.78 is 17.2. The van der Waals surface area contributed by atoms with Crippen LogP contribution in [0.1, 0.15) is 34.3 Å². The molecule has 1 amide bonds. The Morgan fingerprint density at radius 2 is 1.86 bits per heavy atom. The van der Waals surface area contributed by atoms with Crippen LogP contribution < -0.4 is 9.47 Å². The zero-order valence-corrected chi connectivity index (χ0v) is 16.1. The van der Waals surface area contributed by atoms with Crippen LogP contribution in [0.25, 0.3) is 0 Å². The number of amides is 1. The molecule has 0 unspecified atom stereocenters. The number of pyridine rings is 1. The maximum Gasteiger partial charge on any atom is 0.255 e. The molecule has 1 aromatic heterocycles. The number of piperidine rings is 1. The Morgan fingerprint density at radius 1 is 1.14 bits per heavy atom. The Labute approximate surface area is 163 Å². The molecule has 1 fully saturated rings. The number of methoxy groups -OCH3 is 2. The minimum Gasteiger partial charge on any atom is -0.506 e. The van der Waals surface area contributed by atoms with Crippen LogP contribution >= 0.6 is 0 Å². The summed E-state index contributed by atoms with van der Waals surface area (Å²) >= 11 is 0. The summed E-state index contributed by atoms with van der Waals surface area (Å²) in [7, 11) is 3.27. The van der Waals surface area contributed by atoms with Gasteiger partial charge in [-0.05, 0) is 48.6 Å². The number of nitrogens with zero attached hydrogens (tertiary/aromatic N) is 2. The van der Waals surface area contributed by atoms with Gasteiger partial charge in [0.2, 0.25) is 0 Å². The van der Waals surface area contributed by atoms with Crippen molar-refractivity contribution in [1.82, 2.24) is 9.88 Å². The fourth-order valence-corrected chi connectivity index (χ4v) is 4.20. The van der Waals surface area contributed by atoms with Crippen molar-refractivity contribution in [3.63, 3.8) is 0 Å². The summed E-state index contributed by atoms with van der Waals surface area (Å²) in [6.07, 6.45) is 5.03. The summed E-state index contributed by atoms with van der Waals surface area (Å²) in [5.41, 5.74) is 2.32. The van der Waals surface area contributed by atoms with Gasteiger partial charge >= 0.3 is 0 Å². The molecule has 0 atom stereocenters. The van der Waals surface area contributed by atoms with Gasteiger partial charge in [-0.2, -0.15) is 0 Å². The lowest BCUT2D eigenvalue weighted by Crippen LogP contribution is -2.48. The molecule has 2 aliphatic heterocycles. The smallest absolute Gasteiger partial charge is 0.255 e. The molecule has 2 aromatic rings. The first kappa shape index (κ1) is 18.6. The molecule has 1 spiro atoms. The summed E-state index contributed by atoms with van der Waals surface area (Å²) in [5, 5.41) is 9.59. The summed E-state index contributed by atoms with van der Waals surface area (Å²) in [4.78, 5) is 18.4. The number of benzene rings is 1. The quantitative estimate of drug-likeness (QED) is 0.876. The van der Waals surface area contributed by atoms with Crippen molar-refractivity contribution in [3.8, 4) is 17.2 Å². The maximum atomic E-state index is 12.8. The predicted molar refractivity (Wildman–Crippen MR) is 102 cm³/mol. The zero-order chi connectivity index (χ0) is 19.7. The van der Waals surface area contributed by atoms with Gasteiger partial charge in [0.25, 0.3) is 5.91 Å². The average Bonchev–Trinajstić information content (AvgIpc) is 2.73. The minimum absolute atomic E-state index is 0.00934. The Hall–Kier alpha value is -2.80. The molecule has 4 rings (SSSR count). The number of ether oxygens (including phenoxy) is 3. The van der Waals surface area contributed by atoms with Gasteiger partial charge in [0.05, 0.1) is 38.2 Å². The van der Waals surface area contributed by atoms with Crippen LogP contribution in [0.15, 0.2) is 30.6 Å². The van der Waals surface area contributed by atoms with Crippen LogP contribution in [0.3, 0.4) is 0 Å². The molecule has 1 aromatic carbocycles. The van der Waals surface area contributed by atoms with Crippen molar-refractivity contribution < 1.29 is 24.1 Å². The minimum atomic E-state index is -0.416. The number of hydrogen-bond acceptors (Lipinski definition) is 6. The Balaban J connectivity index is 1.57. The third kappa shape index (κ3) is 3.16. The lowest BCUT2D eigenvalue weighted by molar-refractivity contribution is -0.0936. The molecule has 2 aliphatic rings. The molecule has 3 heterocycles. The van der Waals surface area contributed by atoms with E-state index in [0.717, 1.165) is 17.7 Å². The van der Waals surface area contributed by atoms with Crippen molar-refractivity contribution in [2.24, 2.45) is 0 Å². The fraction of sp³-hybridized carbons (Fsp3) is 0.429. The van der Waals surface area contributed by atoms with E-state index in [1.54, 1.807) is 19.1 Å². The van der Waals surface area contributed by atoms with Gasteiger partial charge in [-0.25, -0.2) is 0 Å². The lowest BCUT2D eigenvalue weighted by Gasteiger charge is -2.45. The fourth-order valence-electron chi connectivity index (χ4n) is 4.20. The number of aromatic hydroxyl groups is 1. The largest absolute Gasteiger partial charge is 0.506 e. The standard InChI is InChI=1S/C21H24N2O5/c1-26-18-10-14-3-8-28-21(17(14)11-19(18)27-2)4-6-23(7-5-21)20(25)15-9-16(24)13-22-12-15/h9-13,24H,3-8H2,1-2H3. The van der Waals surface area contributed by atoms with Crippen LogP contribution in [-0.4, -0.2) is 54.8 Å². The Kier molecular flexibility index (Phi) is 4.85. The molecule has 0 saturated carbocycles. The molecule has 148 valence electrons. The monoisotopic (exact) mass is 384 g/mol. The van der Waals surface area contributed by atoms with E-state index in [1.165, 1.54) is 24.0 Å². The van der Waals surface area contributed by atoms with Crippen molar-refractivity contribution in [2.45, 2.75) is 24.9 Å². The normalized spacial score (nSPS) is 17.9. The molecule has 0 bridgehead atoms. The van der Waals surface area contributed by atoms with Gasteiger partial charge in [-0.1, -0.05) is 0 Å². The maximum absolute atomic E-state index is 12.8. The van der Waals surface area contributed by atoms with Crippen LogP contribution in [0.2, 0.25) is 0 Å². The van der Waals surface area contributed by atoms with E-state index in [1.807, 2.05) is 12.1 Å². The van der Waals surface area contributed by atoms with Crippen molar-refractivity contribution in [1.29, 1.82) is 0 Å². The third-order valence-corrected chi connectivity index (χ3v) is 5.68. The molecule has 1 saturated heterocycles. The van der Waals surface area contributed by atoms with E-state index in [4.69, 9.17) is 14.2 Å². The number of aromatic nitrogens is 1. The molecular formula is C21H24N2O5. The first-order valence-electron chi connectivity index (χ1n) is 9.39. The van der Waals surface area contributed by atoms with E-state index in [-0.39, 0.29) is 11.7 Å². The van der Waals surface area contributed by atoms with Gasteiger partial charge in [-0.3, -0.25) is 9.78 Å². The van der Waals surface area contributed by atoms with Crippen LogP contribution in [-0.2, 0) is 16.8 Å². The highest BCUT2D eigenvalue weighted by Gasteiger charge is 2.42. The number of carbonyl (C=O) groups is 1.